The predicted octanol–water partition coefficient (Wildman–Crippen LogP) is 2.23. The van der Waals surface area contributed by atoms with Crippen LogP contribution in [0.4, 0.5) is 5.69 Å². The minimum absolute atomic E-state index is 0.00780. The molecule has 12 heteroatoms. The molecule has 0 bridgehead atoms. The summed E-state index contributed by atoms with van der Waals surface area (Å²) >= 11 is 12.0. The number of rotatable bonds is 6. The zero-order valence-electron chi connectivity index (χ0n) is 14.5. The highest BCUT2D eigenvalue weighted by Crippen LogP contribution is 2.29. The molecule has 1 N–H and O–H groups in total. The van der Waals surface area contributed by atoms with Crippen LogP contribution in [0.2, 0.25) is 10.0 Å². The number of sulfonamides is 1. The van der Waals surface area contributed by atoms with E-state index in [4.69, 9.17) is 23.2 Å². The number of anilines is 1. The van der Waals surface area contributed by atoms with Gasteiger partial charge in [0.1, 0.15) is 6.33 Å². The van der Waals surface area contributed by atoms with Crippen molar-refractivity contribution in [3.8, 4) is 5.69 Å². The van der Waals surface area contributed by atoms with E-state index in [1.807, 2.05) is 0 Å². The highest BCUT2D eigenvalue weighted by Gasteiger charge is 2.24. The van der Waals surface area contributed by atoms with Crippen LogP contribution in [0.3, 0.4) is 0 Å². The molecule has 0 spiro atoms. The van der Waals surface area contributed by atoms with Gasteiger partial charge in [0.05, 0.1) is 32.9 Å². The Bertz CT molecular complexity index is 1090. The number of para-hydroxylation sites is 1. The van der Waals surface area contributed by atoms with E-state index >= 15 is 0 Å². The third kappa shape index (κ3) is 4.30. The fourth-order valence-electron chi connectivity index (χ4n) is 2.33. The molecule has 0 fully saturated rings. The van der Waals surface area contributed by atoms with E-state index in [1.165, 1.54) is 30.2 Å². The summed E-state index contributed by atoms with van der Waals surface area (Å²) in [5, 5.41) is 13.8. The molecule has 0 atom stereocenters. The first-order valence-corrected chi connectivity index (χ1v) is 10.0. The summed E-state index contributed by atoms with van der Waals surface area (Å²) < 4.78 is 27.9. The van der Waals surface area contributed by atoms with E-state index in [0.717, 1.165) is 4.31 Å². The number of hydrogen-bond acceptors (Lipinski definition) is 6. The van der Waals surface area contributed by atoms with Crippen molar-refractivity contribution in [3.05, 3.63) is 58.8 Å². The molecule has 3 rings (SSSR count). The van der Waals surface area contributed by atoms with Crippen LogP contribution in [0.15, 0.2) is 53.7 Å². The Hall–Kier alpha value is -2.53. The molecular weight excluding hydrogens is 427 g/mol. The standard InChI is InChI=1S/C16H14Cl2N6O3S/c1-23(9-15(25)20-16-13(17)6-3-7-14(16)18)28(26,27)12-5-2-4-11(8-12)24-10-19-21-22-24/h2-8,10H,9H2,1H3,(H,20,25). The first-order chi connectivity index (χ1) is 13.3. The number of carbonyl (C=O) groups is 1. The van der Waals surface area contributed by atoms with Crippen LogP contribution in [0.25, 0.3) is 5.69 Å². The Labute approximate surface area is 170 Å². The molecule has 0 aliphatic carbocycles. The SMILES string of the molecule is CN(CC(=O)Nc1c(Cl)cccc1Cl)S(=O)(=O)c1cccc(-n2cnnn2)c1. The van der Waals surface area contributed by atoms with Crippen LogP contribution in [0, 0.1) is 0 Å². The van der Waals surface area contributed by atoms with Crippen molar-refractivity contribution in [2.75, 3.05) is 18.9 Å². The third-order valence-corrected chi connectivity index (χ3v) is 6.16. The van der Waals surface area contributed by atoms with Crippen molar-refractivity contribution in [1.82, 2.24) is 24.5 Å². The second-order valence-corrected chi connectivity index (χ2v) is 8.52. The van der Waals surface area contributed by atoms with Gasteiger partial charge in [-0.05, 0) is 40.8 Å². The number of amides is 1. The molecule has 9 nitrogen and oxygen atoms in total. The minimum Gasteiger partial charge on any atom is -0.322 e. The smallest absolute Gasteiger partial charge is 0.243 e. The summed E-state index contributed by atoms with van der Waals surface area (Å²) in [6.45, 7) is -0.432. The number of tetrazole rings is 1. The van der Waals surface area contributed by atoms with Crippen LogP contribution < -0.4 is 5.32 Å². The molecule has 0 radical (unpaired) electrons. The fourth-order valence-corrected chi connectivity index (χ4v) is 3.99. The average molecular weight is 441 g/mol. The molecule has 146 valence electrons. The van der Waals surface area contributed by atoms with Crippen LogP contribution in [-0.4, -0.2) is 52.4 Å². The van der Waals surface area contributed by atoms with Crippen LogP contribution in [-0.2, 0) is 14.8 Å². The van der Waals surface area contributed by atoms with Crippen molar-refractivity contribution in [3.63, 3.8) is 0 Å². The number of nitrogens with zero attached hydrogens (tertiary/aromatic N) is 5. The number of likely N-dealkylation sites (N-methyl/N-ethyl adjacent to an activating group) is 1. The molecule has 1 aromatic heterocycles. The molecule has 28 heavy (non-hydrogen) atoms. The summed E-state index contributed by atoms with van der Waals surface area (Å²) in [4.78, 5) is 12.3. The van der Waals surface area contributed by atoms with Crippen molar-refractivity contribution < 1.29 is 13.2 Å². The van der Waals surface area contributed by atoms with Crippen LogP contribution >= 0.6 is 23.2 Å². The van der Waals surface area contributed by atoms with E-state index in [2.05, 4.69) is 20.8 Å². The Balaban J connectivity index is 1.77. The summed E-state index contributed by atoms with van der Waals surface area (Å²) in [7, 11) is -2.64. The molecule has 0 unspecified atom stereocenters. The van der Waals surface area contributed by atoms with E-state index in [0.29, 0.717) is 5.69 Å². The molecule has 3 aromatic rings. The Morgan fingerprint density at radius 2 is 1.86 bits per heavy atom. The number of halogens is 2. The highest BCUT2D eigenvalue weighted by atomic mass is 35.5. The van der Waals surface area contributed by atoms with Gasteiger partial charge in [-0.3, -0.25) is 4.79 Å². The van der Waals surface area contributed by atoms with Crippen LogP contribution in [0.1, 0.15) is 0 Å². The van der Waals surface area contributed by atoms with Gasteiger partial charge < -0.3 is 5.32 Å². The largest absolute Gasteiger partial charge is 0.322 e. The van der Waals surface area contributed by atoms with Crippen molar-refractivity contribution in [1.29, 1.82) is 0 Å². The maximum atomic E-state index is 12.8. The Morgan fingerprint density at radius 1 is 1.18 bits per heavy atom. The first-order valence-electron chi connectivity index (χ1n) is 7.82. The highest BCUT2D eigenvalue weighted by molar-refractivity contribution is 7.89. The number of aromatic nitrogens is 4. The molecule has 1 amide bonds. The van der Waals surface area contributed by atoms with Gasteiger partial charge in [-0.2, -0.15) is 4.31 Å². The zero-order chi connectivity index (χ0) is 20.3. The maximum absolute atomic E-state index is 12.8. The Kier molecular flexibility index (Phi) is 5.94. The second kappa shape index (κ2) is 8.23. The Morgan fingerprint density at radius 3 is 2.50 bits per heavy atom. The fraction of sp³-hybridized carbons (Fsp3) is 0.125. The van der Waals surface area contributed by atoms with Gasteiger partial charge in [-0.15, -0.1) is 5.10 Å². The normalized spacial score (nSPS) is 11.6. The second-order valence-electron chi connectivity index (χ2n) is 5.66. The number of hydrogen-bond donors (Lipinski definition) is 1. The summed E-state index contributed by atoms with van der Waals surface area (Å²) in [6, 6.07) is 10.8. The molecule has 0 saturated carbocycles. The van der Waals surface area contributed by atoms with Crippen molar-refractivity contribution in [2.45, 2.75) is 4.90 Å². The number of nitrogens with one attached hydrogen (secondary N) is 1. The topological polar surface area (TPSA) is 110 Å². The summed E-state index contributed by atoms with van der Waals surface area (Å²) in [5.74, 6) is -0.585. The predicted molar refractivity (Wildman–Crippen MR) is 104 cm³/mol. The lowest BCUT2D eigenvalue weighted by Crippen LogP contribution is -2.35. The van der Waals surface area contributed by atoms with Crippen molar-refractivity contribution in [2.24, 2.45) is 0 Å². The summed E-state index contributed by atoms with van der Waals surface area (Å²) in [5.41, 5.74) is 0.689. The quantitative estimate of drug-likeness (QED) is 0.628. The molecule has 0 aliphatic rings. The number of benzene rings is 2. The van der Waals surface area contributed by atoms with Gasteiger partial charge in [0, 0.05) is 7.05 Å². The van der Waals surface area contributed by atoms with Gasteiger partial charge in [-0.1, -0.05) is 35.3 Å². The minimum atomic E-state index is -3.94. The van der Waals surface area contributed by atoms with E-state index < -0.39 is 22.5 Å². The molecule has 2 aromatic carbocycles. The van der Waals surface area contributed by atoms with E-state index in [1.54, 1.807) is 30.3 Å². The first kappa shape index (κ1) is 20.2. The maximum Gasteiger partial charge on any atom is 0.243 e. The summed E-state index contributed by atoms with van der Waals surface area (Å²) in [6.07, 6.45) is 1.34. The monoisotopic (exact) mass is 440 g/mol. The van der Waals surface area contributed by atoms with E-state index in [9.17, 15) is 13.2 Å². The lowest BCUT2D eigenvalue weighted by molar-refractivity contribution is -0.116. The lowest BCUT2D eigenvalue weighted by atomic mass is 10.3. The van der Waals surface area contributed by atoms with Gasteiger partial charge in [0.25, 0.3) is 0 Å². The molecule has 0 saturated heterocycles. The number of carbonyl (C=O) groups excluding carboxylic acids is 1. The van der Waals surface area contributed by atoms with Gasteiger partial charge >= 0.3 is 0 Å². The zero-order valence-corrected chi connectivity index (χ0v) is 16.8. The third-order valence-electron chi connectivity index (χ3n) is 3.73. The molecular formula is C16H14Cl2N6O3S. The van der Waals surface area contributed by atoms with Gasteiger partial charge in [0.2, 0.25) is 15.9 Å². The van der Waals surface area contributed by atoms with Crippen LogP contribution in [0.5, 0.6) is 0 Å². The van der Waals surface area contributed by atoms with Crippen molar-refractivity contribution >= 4 is 44.8 Å². The van der Waals surface area contributed by atoms with E-state index in [-0.39, 0.29) is 20.6 Å². The van der Waals surface area contributed by atoms with Gasteiger partial charge in [-0.25, -0.2) is 13.1 Å². The van der Waals surface area contributed by atoms with Gasteiger partial charge in [0.15, 0.2) is 0 Å². The average Bonchev–Trinajstić information content (AvgIpc) is 3.20. The lowest BCUT2D eigenvalue weighted by Gasteiger charge is -2.18. The molecule has 0 aliphatic heterocycles. The molecule has 1 heterocycles.